The van der Waals surface area contributed by atoms with Crippen molar-refractivity contribution in [1.82, 2.24) is 20.4 Å². The second-order valence-corrected chi connectivity index (χ2v) is 6.87. The maximum Gasteiger partial charge on any atom is 0.237 e. The Labute approximate surface area is 138 Å². The van der Waals surface area contributed by atoms with Gasteiger partial charge in [-0.15, -0.1) is 0 Å². The molecule has 6 nitrogen and oxygen atoms in total. The molecule has 2 saturated heterocycles. The molecule has 6 heteroatoms. The number of carbonyl (C=O) groups excluding carboxylic acids is 1. The van der Waals surface area contributed by atoms with Gasteiger partial charge in [0.15, 0.2) is 0 Å². The van der Waals surface area contributed by atoms with E-state index in [1.165, 1.54) is 0 Å². The fourth-order valence-electron chi connectivity index (χ4n) is 3.58. The molecule has 23 heavy (non-hydrogen) atoms. The van der Waals surface area contributed by atoms with Gasteiger partial charge in [0.1, 0.15) is 0 Å². The van der Waals surface area contributed by atoms with Gasteiger partial charge in [0, 0.05) is 31.3 Å². The molecular weight excluding hydrogens is 292 g/mol. The molecule has 0 spiro atoms. The van der Waals surface area contributed by atoms with E-state index in [0.717, 1.165) is 56.8 Å². The fraction of sp³-hybridized carbons (Fsp3) is 0.765. The summed E-state index contributed by atoms with van der Waals surface area (Å²) in [7, 11) is 0. The topological polar surface area (TPSA) is 70.2 Å². The summed E-state index contributed by atoms with van der Waals surface area (Å²) in [5.41, 5.74) is 2.22. The zero-order valence-corrected chi connectivity index (χ0v) is 14.2. The number of likely N-dealkylation sites (tertiary alicyclic amines) is 1. The van der Waals surface area contributed by atoms with E-state index in [1.54, 1.807) is 0 Å². The van der Waals surface area contributed by atoms with Gasteiger partial charge in [0.05, 0.1) is 17.8 Å². The van der Waals surface area contributed by atoms with Crippen LogP contribution in [0.5, 0.6) is 0 Å². The standard InChI is InChI=1S/C17H28N4O2/c1-12-9-16(20-19-12)14-5-3-7-21(11-14)13(2)17(22)18-10-15-6-4-8-23-15/h9,13-15H,3-8,10-11H2,1-2H3,(H,18,22)(H,19,20)/t13-,14-,15+/m1/s1. The molecule has 0 bridgehead atoms. The van der Waals surface area contributed by atoms with Crippen LogP contribution in [0.25, 0.3) is 0 Å². The van der Waals surface area contributed by atoms with Gasteiger partial charge >= 0.3 is 0 Å². The lowest BCUT2D eigenvalue weighted by Crippen LogP contribution is -2.49. The molecule has 1 aromatic heterocycles. The highest BCUT2D eigenvalue weighted by Crippen LogP contribution is 2.27. The van der Waals surface area contributed by atoms with Crippen LogP contribution in [0.4, 0.5) is 0 Å². The van der Waals surface area contributed by atoms with E-state index in [-0.39, 0.29) is 18.1 Å². The number of hydrogen-bond donors (Lipinski definition) is 2. The average Bonchev–Trinajstić information content (AvgIpc) is 3.23. The van der Waals surface area contributed by atoms with E-state index in [1.807, 2.05) is 13.8 Å². The number of nitrogens with one attached hydrogen (secondary N) is 2. The number of rotatable bonds is 5. The molecule has 2 N–H and O–H groups in total. The maximum atomic E-state index is 12.4. The number of aryl methyl sites for hydroxylation is 1. The van der Waals surface area contributed by atoms with Crippen LogP contribution in [-0.2, 0) is 9.53 Å². The third-order valence-corrected chi connectivity index (χ3v) is 5.05. The number of aromatic nitrogens is 2. The zero-order chi connectivity index (χ0) is 16.2. The summed E-state index contributed by atoms with van der Waals surface area (Å²) in [6.07, 6.45) is 4.61. The summed E-state index contributed by atoms with van der Waals surface area (Å²) in [6, 6.07) is 2.02. The van der Waals surface area contributed by atoms with Crippen molar-refractivity contribution in [3.8, 4) is 0 Å². The Morgan fingerprint density at radius 2 is 2.39 bits per heavy atom. The van der Waals surface area contributed by atoms with Crippen molar-refractivity contribution < 1.29 is 9.53 Å². The first-order chi connectivity index (χ1) is 11.1. The minimum absolute atomic E-state index is 0.0979. The van der Waals surface area contributed by atoms with Crippen LogP contribution in [0, 0.1) is 6.92 Å². The average molecular weight is 320 g/mol. The number of amides is 1. The smallest absolute Gasteiger partial charge is 0.237 e. The Morgan fingerprint density at radius 3 is 3.09 bits per heavy atom. The van der Waals surface area contributed by atoms with Gasteiger partial charge in [-0.25, -0.2) is 0 Å². The Morgan fingerprint density at radius 1 is 1.52 bits per heavy atom. The molecule has 0 saturated carbocycles. The number of ether oxygens (including phenoxy) is 1. The SMILES string of the molecule is Cc1cc([C@@H]2CCCN([C@H](C)C(=O)NC[C@@H]3CCCO3)C2)n[nH]1. The molecule has 3 rings (SSSR count). The monoisotopic (exact) mass is 320 g/mol. The van der Waals surface area contributed by atoms with Crippen LogP contribution < -0.4 is 5.32 Å². The van der Waals surface area contributed by atoms with Gasteiger partial charge in [0.2, 0.25) is 5.91 Å². The number of carbonyl (C=O) groups is 1. The van der Waals surface area contributed by atoms with Crippen LogP contribution >= 0.6 is 0 Å². The first-order valence-electron chi connectivity index (χ1n) is 8.78. The Hall–Kier alpha value is -1.40. The molecule has 0 aromatic carbocycles. The number of nitrogens with zero attached hydrogens (tertiary/aromatic N) is 2. The number of hydrogen-bond acceptors (Lipinski definition) is 4. The van der Waals surface area contributed by atoms with Crippen molar-refractivity contribution in [1.29, 1.82) is 0 Å². The maximum absolute atomic E-state index is 12.4. The number of aromatic amines is 1. The molecule has 128 valence electrons. The van der Waals surface area contributed by atoms with Crippen molar-refractivity contribution in [3.63, 3.8) is 0 Å². The van der Waals surface area contributed by atoms with Crippen LogP contribution in [0.15, 0.2) is 6.07 Å². The van der Waals surface area contributed by atoms with Crippen molar-refractivity contribution in [2.45, 2.75) is 57.6 Å². The Bertz CT molecular complexity index is 524. The third-order valence-electron chi connectivity index (χ3n) is 5.05. The van der Waals surface area contributed by atoms with E-state index >= 15 is 0 Å². The minimum Gasteiger partial charge on any atom is -0.376 e. The number of piperidine rings is 1. The zero-order valence-electron chi connectivity index (χ0n) is 14.2. The van der Waals surface area contributed by atoms with Crippen LogP contribution in [0.2, 0.25) is 0 Å². The van der Waals surface area contributed by atoms with Gasteiger partial charge in [-0.05, 0) is 52.1 Å². The van der Waals surface area contributed by atoms with Gasteiger partial charge in [-0.1, -0.05) is 0 Å². The highest BCUT2D eigenvalue weighted by atomic mass is 16.5. The molecule has 1 amide bonds. The summed E-state index contributed by atoms with van der Waals surface area (Å²) >= 11 is 0. The van der Waals surface area contributed by atoms with Gasteiger partial charge in [-0.3, -0.25) is 14.8 Å². The van der Waals surface area contributed by atoms with Crippen molar-refractivity contribution in [3.05, 3.63) is 17.5 Å². The van der Waals surface area contributed by atoms with Crippen LogP contribution in [0.1, 0.15) is 49.9 Å². The van der Waals surface area contributed by atoms with E-state index in [4.69, 9.17) is 4.74 Å². The van der Waals surface area contributed by atoms with Crippen LogP contribution in [0.3, 0.4) is 0 Å². The molecule has 0 unspecified atom stereocenters. The molecular formula is C17H28N4O2. The number of H-pyrrole nitrogens is 1. The van der Waals surface area contributed by atoms with E-state index in [2.05, 4.69) is 26.5 Å². The van der Waals surface area contributed by atoms with Crippen molar-refractivity contribution in [2.75, 3.05) is 26.2 Å². The normalized spacial score (nSPS) is 27.0. The van der Waals surface area contributed by atoms with Crippen molar-refractivity contribution >= 4 is 5.91 Å². The van der Waals surface area contributed by atoms with Crippen molar-refractivity contribution in [2.24, 2.45) is 0 Å². The predicted octanol–water partition coefficient (Wildman–Crippen LogP) is 1.58. The van der Waals surface area contributed by atoms with E-state index in [9.17, 15) is 4.79 Å². The summed E-state index contributed by atoms with van der Waals surface area (Å²) in [5, 5.41) is 10.5. The Balaban J connectivity index is 1.51. The highest BCUT2D eigenvalue weighted by Gasteiger charge is 2.29. The predicted molar refractivity (Wildman–Crippen MR) is 88.3 cm³/mol. The second kappa shape index (κ2) is 7.45. The van der Waals surface area contributed by atoms with Gasteiger partial charge < -0.3 is 10.1 Å². The van der Waals surface area contributed by atoms with E-state index in [0.29, 0.717) is 12.5 Å². The van der Waals surface area contributed by atoms with Gasteiger partial charge in [0.25, 0.3) is 0 Å². The molecule has 3 atom stereocenters. The van der Waals surface area contributed by atoms with Crippen LogP contribution in [-0.4, -0.2) is 59.4 Å². The molecule has 3 heterocycles. The molecule has 2 aliphatic rings. The summed E-state index contributed by atoms with van der Waals surface area (Å²) in [4.78, 5) is 14.7. The lowest BCUT2D eigenvalue weighted by atomic mass is 9.93. The Kier molecular flexibility index (Phi) is 5.33. The largest absolute Gasteiger partial charge is 0.376 e. The third kappa shape index (κ3) is 4.12. The lowest BCUT2D eigenvalue weighted by Gasteiger charge is -2.35. The summed E-state index contributed by atoms with van der Waals surface area (Å²) < 4.78 is 5.57. The first-order valence-corrected chi connectivity index (χ1v) is 8.78. The summed E-state index contributed by atoms with van der Waals surface area (Å²) in [6.45, 7) is 7.38. The lowest BCUT2D eigenvalue weighted by molar-refractivity contribution is -0.126. The summed E-state index contributed by atoms with van der Waals surface area (Å²) in [5.74, 6) is 0.529. The molecule has 1 aromatic rings. The molecule has 0 aliphatic carbocycles. The van der Waals surface area contributed by atoms with Gasteiger partial charge in [-0.2, -0.15) is 5.10 Å². The minimum atomic E-state index is -0.0979. The highest BCUT2D eigenvalue weighted by molar-refractivity contribution is 5.81. The second-order valence-electron chi connectivity index (χ2n) is 6.87. The fourth-order valence-corrected chi connectivity index (χ4v) is 3.58. The molecule has 2 aliphatic heterocycles. The first kappa shape index (κ1) is 16.5. The van der Waals surface area contributed by atoms with E-state index < -0.39 is 0 Å². The molecule has 2 fully saturated rings. The molecule has 0 radical (unpaired) electrons. The quantitative estimate of drug-likeness (QED) is 0.864.